The van der Waals surface area contributed by atoms with Crippen molar-refractivity contribution in [3.05, 3.63) is 11.5 Å². The van der Waals surface area contributed by atoms with Crippen molar-refractivity contribution < 1.29 is 38.1 Å². The summed E-state index contributed by atoms with van der Waals surface area (Å²) >= 11 is 0. The Bertz CT molecular complexity index is 368. The number of hydrogen-bond acceptors (Lipinski definition) is 8. The minimum atomic E-state index is -1.16. The molecule has 0 saturated heterocycles. The summed E-state index contributed by atoms with van der Waals surface area (Å²) < 4.78 is 17.5. The van der Waals surface area contributed by atoms with E-state index < -0.39 is 35.4 Å². The molecule has 0 aromatic heterocycles. The third-order valence-corrected chi connectivity index (χ3v) is 1.44. The second-order valence-electron chi connectivity index (χ2n) is 2.83. The fraction of sp³-hybridized carbons (Fsp3) is 0.400. The van der Waals surface area contributed by atoms with Gasteiger partial charge in [0.2, 0.25) is 0 Å². The van der Waals surface area contributed by atoms with E-state index in [2.05, 4.69) is 18.9 Å². The first kappa shape index (κ1) is 15.6. The summed E-state index contributed by atoms with van der Waals surface area (Å²) in [4.78, 5) is 44.3. The van der Waals surface area contributed by atoms with E-state index in [0.29, 0.717) is 0 Å². The van der Waals surface area contributed by atoms with Gasteiger partial charge in [-0.1, -0.05) is 0 Å². The lowest BCUT2D eigenvalue weighted by molar-refractivity contribution is -0.154. The maximum absolute atomic E-state index is 11.3. The fourth-order valence-corrected chi connectivity index (χ4v) is 0.834. The zero-order valence-corrected chi connectivity index (χ0v) is 10.3. The third kappa shape index (κ3) is 4.64. The van der Waals surface area contributed by atoms with Crippen LogP contribution in [0.25, 0.3) is 0 Å². The van der Waals surface area contributed by atoms with Crippen LogP contribution in [0.2, 0.25) is 0 Å². The van der Waals surface area contributed by atoms with E-state index in [4.69, 9.17) is 0 Å². The largest absolute Gasteiger partial charge is 0.463 e. The molecule has 0 aliphatic carbocycles. The number of methoxy groups -OCH3 is 2. The lowest BCUT2D eigenvalue weighted by atomic mass is 10.4. The SMILES string of the molecule is COC(=O)C(OC(C)=O)=C(OC(C)=O)C(=O)OC. The monoisotopic (exact) mass is 260 g/mol. The molecule has 0 radical (unpaired) electrons. The van der Waals surface area contributed by atoms with Gasteiger partial charge in [0.25, 0.3) is 11.5 Å². The van der Waals surface area contributed by atoms with Crippen LogP contribution in [0.3, 0.4) is 0 Å². The molecule has 0 N–H and O–H groups in total. The van der Waals surface area contributed by atoms with E-state index in [1.165, 1.54) is 0 Å². The molecule has 0 unspecified atom stereocenters. The first-order chi connectivity index (χ1) is 8.33. The molecule has 0 bridgehead atoms. The zero-order valence-electron chi connectivity index (χ0n) is 10.3. The number of carbonyl (C=O) groups excluding carboxylic acids is 4. The van der Waals surface area contributed by atoms with Gasteiger partial charge in [-0.3, -0.25) is 9.59 Å². The minimum absolute atomic E-state index is 0.855. The Morgan fingerprint density at radius 2 is 0.944 bits per heavy atom. The van der Waals surface area contributed by atoms with Crippen LogP contribution in [0, 0.1) is 0 Å². The normalized spacial score (nSPS) is 10.9. The maximum atomic E-state index is 11.3. The van der Waals surface area contributed by atoms with Crippen molar-refractivity contribution in [2.24, 2.45) is 0 Å². The van der Waals surface area contributed by atoms with Gasteiger partial charge in [-0.05, 0) is 0 Å². The number of ether oxygens (including phenoxy) is 4. The maximum Gasteiger partial charge on any atom is 0.378 e. The van der Waals surface area contributed by atoms with E-state index in [1.54, 1.807) is 0 Å². The molecule has 0 aliphatic heterocycles. The van der Waals surface area contributed by atoms with Crippen LogP contribution >= 0.6 is 0 Å². The molecule has 0 heterocycles. The predicted octanol–water partition coefficient (Wildman–Crippen LogP) is -0.330. The summed E-state index contributed by atoms with van der Waals surface area (Å²) in [5.41, 5.74) is 0. The second-order valence-corrected chi connectivity index (χ2v) is 2.83. The van der Waals surface area contributed by atoms with Gasteiger partial charge < -0.3 is 18.9 Å². The van der Waals surface area contributed by atoms with Gasteiger partial charge in [-0.2, -0.15) is 0 Å². The van der Waals surface area contributed by atoms with Crippen LogP contribution in [0.1, 0.15) is 13.8 Å². The molecule has 0 aliphatic rings. The smallest absolute Gasteiger partial charge is 0.378 e. The molecule has 100 valence electrons. The van der Waals surface area contributed by atoms with Gasteiger partial charge in [0, 0.05) is 13.8 Å². The summed E-state index contributed by atoms with van der Waals surface area (Å²) in [5.74, 6) is -5.83. The molecule has 0 atom stereocenters. The molecule has 18 heavy (non-hydrogen) atoms. The van der Waals surface area contributed by atoms with E-state index in [0.717, 1.165) is 28.1 Å². The van der Waals surface area contributed by atoms with Crippen LogP contribution in [0.15, 0.2) is 11.5 Å². The highest BCUT2D eigenvalue weighted by atomic mass is 16.6. The Hall–Kier alpha value is -2.38. The lowest BCUT2D eigenvalue weighted by Crippen LogP contribution is -2.21. The molecule has 0 amide bonds. The van der Waals surface area contributed by atoms with Crippen LogP contribution < -0.4 is 0 Å². The first-order valence-corrected chi connectivity index (χ1v) is 4.61. The number of carbonyl (C=O) groups is 4. The van der Waals surface area contributed by atoms with Crippen molar-refractivity contribution in [1.29, 1.82) is 0 Å². The summed E-state index contributed by atoms with van der Waals surface area (Å²) in [5, 5.41) is 0. The Labute approximate surface area is 102 Å². The third-order valence-electron chi connectivity index (χ3n) is 1.44. The summed E-state index contributed by atoms with van der Waals surface area (Å²) in [6.07, 6.45) is 0. The van der Waals surface area contributed by atoms with Crippen molar-refractivity contribution in [3.8, 4) is 0 Å². The molecular weight excluding hydrogens is 248 g/mol. The zero-order chi connectivity index (χ0) is 14.3. The van der Waals surface area contributed by atoms with Crippen molar-refractivity contribution >= 4 is 23.9 Å². The average Bonchev–Trinajstić information content (AvgIpc) is 2.30. The van der Waals surface area contributed by atoms with Crippen molar-refractivity contribution in [1.82, 2.24) is 0 Å². The highest BCUT2D eigenvalue weighted by molar-refractivity contribution is 6.00. The Morgan fingerprint density at radius 3 is 1.11 bits per heavy atom. The quantitative estimate of drug-likeness (QED) is 0.293. The van der Waals surface area contributed by atoms with Gasteiger partial charge >= 0.3 is 23.9 Å². The van der Waals surface area contributed by atoms with E-state index in [9.17, 15) is 19.2 Å². The second kappa shape index (κ2) is 7.05. The van der Waals surface area contributed by atoms with Gasteiger partial charge in [-0.25, -0.2) is 9.59 Å². The molecule has 0 fully saturated rings. The van der Waals surface area contributed by atoms with Gasteiger partial charge in [0.15, 0.2) is 0 Å². The van der Waals surface area contributed by atoms with E-state index in [-0.39, 0.29) is 0 Å². The molecule has 8 nitrogen and oxygen atoms in total. The van der Waals surface area contributed by atoms with E-state index in [1.807, 2.05) is 0 Å². The van der Waals surface area contributed by atoms with E-state index >= 15 is 0 Å². The highest BCUT2D eigenvalue weighted by Crippen LogP contribution is 2.13. The lowest BCUT2D eigenvalue weighted by Gasteiger charge is -2.10. The number of rotatable bonds is 4. The average molecular weight is 260 g/mol. The van der Waals surface area contributed by atoms with Crippen molar-refractivity contribution in [2.75, 3.05) is 14.2 Å². The van der Waals surface area contributed by atoms with Crippen molar-refractivity contribution in [3.63, 3.8) is 0 Å². The summed E-state index contributed by atoms with van der Waals surface area (Å²) in [6.45, 7) is 1.98. The van der Waals surface area contributed by atoms with Crippen LogP contribution in [0.5, 0.6) is 0 Å². The Balaban J connectivity index is 5.64. The first-order valence-electron chi connectivity index (χ1n) is 4.61. The molecule has 0 saturated carbocycles. The van der Waals surface area contributed by atoms with Crippen LogP contribution in [0.4, 0.5) is 0 Å². The molecule has 0 rings (SSSR count). The topological polar surface area (TPSA) is 105 Å². The summed E-state index contributed by atoms with van der Waals surface area (Å²) in [6, 6.07) is 0. The van der Waals surface area contributed by atoms with Gasteiger partial charge in [0.1, 0.15) is 0 Å². The van der Waals surface area contributed by atoms with Crippen LogP contribution in [-0.4, -0.2) is 38.1 Å². The summed E-state index contributed by atoms with van der Waals surface area (Å²) in [7, 11) is 1.99. The minimum Gasteiger partial charge on any atom is -0.463 e. The molecule has 0 spiro atoms. The molecular formula is C10H12O8. The fourth-order valence-electron chi connectivity index (χ4n) is 0.834. The van der Waals surface area contributed by atoms with Gasteiger partial charge in [-0.15, -0.1) is 0 Å². The van der Waals surface area contributed by atoms with Gasteiger partial charge in [0.05, 0.1) is 14.2 Å². The molecule has 0 aromatic rings. The molecule has 8 heteroatoms. The highest BCUT2D eigenvalue weighted by Gasteiger charge is 2.29. The molecule has 0 aromatic carbocycles. The number of hydrogen-bond donors (Lipinski definition) is 0. The number of esters is 4. The standard InChI is InChI=1S/C10H12O8/c1-5(11)17-7(9(13)15-3)8(10(14)16-4)18-6(2)12/h1-4H3. The van der Waals surface area contributed by atoms with Crippen LogP contribution in [-0.2, 0) is 38.1 Å². The Kier molecular flexibility index (Phi) is 6.11. The Morgan fingerprint density at radius 1 is 0.667 bits per heavy atom. The predicted molar refractivity (Wildman–Crippen MR) is 54.6 cm³/mol. The van der Waals surface area contributed by atoms with Crippen molar-refractivity contribution in [2.45, 2.75) is 13.8 Å².